The number of aliphatic carboxylic acids is 2. The van der Waals surface area contributed by atoms with Gasteiger partial charge in [-0.2, -0.15) is 0 Å². The first kappa shape index (κ1) is 27.5. The summed E-state index contributed by atoms with van der Waals surface area (Å²) in [6.45, 7) is 5.17. The lowest BCUT2D eigenvalue weighted by Gasteiger charge is -2.36. The molecule has 0 amide bonds. The summed E-state index contributed by atoms with van der Waals surface area (Å²) in [5, 5.41) is 15.8. The average Bonchev–Trinajstić information content (AvgIpc) is 3.33. The van der Waals surface area contributed by atoms with Crippen LogP contribution in [0.3, 0.4) is 0 Å². The molecule has 0 saturated carbocycles. The SMILES string of the molecule is COc1ccccc1N1CCN(CCn2cnc3c2c(=O)n(C)c(=O)n3C)CC1.O=C(O)CCC(=O)O. The smallest absolute Gasteiger partial charge is 0.332 e. The Morgan fingerprint density at radius 2 is 1.57 bits per heavy atom. The second-order valence-electron chi connectivity index (χ2n) is 8.60. The fourth-order valence-electron chi connectivity index (χ4n) is 4.13. The lowest BCUT2D eigenvalue weighted by Crippen LogP contribution is -2.47. The van der Waals surface area contributed by atoms with Crippen molar-refractivity contribution in [1.29, 1.82) is 0 Å². The first-order valence-corrected chi connectivity index (χ1v) is 11.8. The van der Waals surface area contributed by atoms with Gasteiger partial charge < -0.3 is 24.4 Å². The number of anilines is 1. The highest BCUT2D eigenvalue weighted by Crippen LogP contribution is 2.28. The Morgan fingerprint density at radius 3 is 2.16 bits per heavy atom. The molecule has 13 heteroatoms. The van der Waals surface area contributed by atoms with Gasteiger partial charge in [-0.1, -0.05) is 12.1 Å². The van der Waals surface area contributed by atoms with Crippen LogP contribution in [0.25, 0.3) is 11.2 Å². The van der Waals surface area contributed by atoms with E-state index < -0.39 is 11.9 Å². The number of methoxy groups -OCH3 is 1. The average molecular weight is 517 g/mol. The summed E-state index contributed by atoms with van der Waals surface area (Å²) in [5.74, 6) is -1.26. The molecule has 200 valence electrons. The predicted octanol–water partition coefficient (Wildman–Crippen LogP) is 0.200. The Bertz CT molecular complexity index is 1350. The third kappa shape index (κ3) is 6.55. The molecule has 0 spiro atoms. The van der Waals surface area contributed by atoms with E-state index in [1.807, 2.05) is 22.8 Å². The molecule has 1 saturated heterocycles. The zero-order valence-corrected chi connectivity index (χ0v) is 21.2. The molecule has 2 N–H and O–H groups in total. The number of ether oxygens (including phenoxy) is 1. The first-order chi connectivity index (χ1) is 17.6. The van der Waals surface area contributed by atoms with E-state index in [1.54, 1.807) is 20.5 Å². The number of hydrogen-bond acceptors (Lipinski definition) is 8. The van der Waals surface area contributed by atoms with Gasteiger partial charge in [0, 0.05) is 53.4 Å². The summed E-state index contributed by atoms with van der Waals surface area (Å²) in [7, 11) is 4.83. The number of rotatable bonds is 8. The maximum absolute atomic E-state index is 12.6. The van der Waals surface area contributed by atoms with Crippen LogP contribution in [0.2, 0.25) is 0 Å². The van der Waals surface area contributed by atoms with E-state index in [9.17, 15) is 19.2 Å². The van der Waals surface area contributed by atoms with Crippen LogP contribution in [0.5, 0.6) is 5.75 Å². The normalized spacial score (nSPS) is 13.8. The molecule has 0 aliphatic carbocycles. The van der Waals surface area contributed by atoms with Crippen molar-refractivity contribution in [3.05, 3.63) is 51.4 Å². The number of carboxylic acids is 2. The minimum Gasteiger partial charge on any atom is -0.495 e. The summed E-state index contributed by atoms with van der Waals surface area (Å²) in [4.78, 5) is 52.9. The van der Waals surface area contributed by atoms with Gasteiger partial charge in [-0.05, 0) is 12.1 Å². The number of aromatic nitrogens is 4. The number of aryl methyl sites for hydroxylation is 1. The number of carboxylic acid groups (broad SMARTS) is 2. The largest absolute Gasteiger partial charge is 0.495 e. The highest BCUT2D eigenvalue weighted by molar-refractivity contribution is 5.75. The monoisotopic (exact) mass is 516 g/mol. The van der Waals surface area contributed by atoms with Gasteiger partial charge in [-0.3, -0.25) is 28.4 Å². The van der Waals surface area contributed by atoms with E-state index in [-0.39, 0.29) is 24.1 Å². The Hall–Kier alpha value is -4.13. The van der Waals surface area contributed by atoms with E-state index in [2.05, 4.69) is 20.9 Å². The fraction of sp³-hybridized carbons (Fsp3) is 0.458. The molecule has 1 aliphatic heterocycles. The molecule has 37 heavy (non-hydrogen) atoms. The molecule has 0 atom stereocenters. The predicted molar refractivity (Wildman–Crippen MR) is 136 cm³/mol. The number of hydrogen-bond donors (Lipinski definition) is 2. The summed E-state index contributed by atoms with van der Waals surface area (Å²) in [5.41, 5.74) is 1.36. The van der Waals surface area contributed by atoms with Crippen LogP contribution in [0.1, 0.15) is 12.8 Å². The highest BCUT2D eigenvalue weighted by Gasteiger charge is 2.20. The quantitative estimate of drug-likeness (QED) is 0.425. The van der Waals surface area contributed by atoms with Crippen LogP contribution in [-0.2, 0) is 30.2 Å². The van der Waals surface area contributed by atoms with E-state index in [1.165, 1.54) is 11.6 Å². The summed E-state index contributed by atoms with van der Waals surface area (Å²) in [6, 6.07) is 8.09. The van der Waals surface area contributed by atoms with Gasteiger partial charge in [-0.15, -0.1) is 0 Å². The summed E-state index contributed by atoms with van der Waals surface area (Å²) in [6.07, 6.45) is 1.06. The van der Waals surface area contributed by atoms with Gasteiger partial charge in [-0.25, -0.2) is 9.78 Å². The lowest BCUT2D eigenvalue weighted by molar-refractivity contribution is -0.143. The number of benzene rings is 1. The molecule has 1 aromatic carbocycles. The van der Waals surface area contributed by atoms with Crippen LogP contribution >= 0.6 is 0 Å². The van der Waals surface area contributed by atoms with Crippen molar-refractivity contribution in [2.24, 2.45) is 14.1 Å². The minimum atomic E-state index is -1.08. The van der Waals surface area contributed by atoms with Crippen LogP contribution in [0.15, 0.2) is 40.2 Å². The first-order valence-electron chi connectivity index (χ1n) is 11.8. The number of nitrogens with zero attached hydrogens (tertiary/aromatic N) is 6. The van der Waals surface area contributed by atoms with Crippen molar-refractivity contribution in [2.45, 2.75) is 19.4 Å². The molecule has 0 radical (unpaired) electrons. The fourth-order valence-corrected chi connectivity index (χ4v) is 4.13. The Kier molecular flexibility index (Phi) is 9.06. The molecule has 3 heterocycles. The summed E-state index contributed by atoms with van der Waals surface area (Å²) >= 11 is 0. The van der Waals surface area contributed by atoms with Crippen LogP contribution in [0, 0.1) is 0 Å². The van der Waals surface area contributed by atoms with Gasteiger partial charge >= 0.3 is 17.6 Å². The van der Waals surface area contributed by atoms with Crippen molar-refractivity contribution in [1.82, 2.24) is 23.6 Å². The number of imidazole rings is 1. The second-order valence-corrected chi connectivity index (χ2v) is 8.60. The van der Waals surface area contributed by atoms with E-state index in [0.29, 0.717) is 17.7 Å². The van der Waals surface area contributed by atoms with Gasteiger partial charge in [0.15, 0.2) is 11.2 Å². The van der Waals surface area contributed by atoms with E-state index >= 15 is 0 Å². The van der Waals surface area contributed by atoms with Crippen molar-refractivity contribution in [2.75, 3.05) is 44.7 Å². The molecule has 13 nitrogen and oxygen atoms in total. The molecule has 3 aromatic rings. The lowest BCUT2D eigenvalue weighted by atomic mass is 10.2. The second kappa shape index (κ2) is 12.2. The van der Waals surface area contributed by atoms with E-state index in [0.717, 1.165) is 48.7 Å². The number of para-hydroxylation sites is 2. The Labute approximate surface area is 212 Å². The number of fused-ring (bicyclic) bond motifs is 1. The molecule has 4 rings (SSSR count). The molecule has 2 aromatic heterocycles. The Balaban J connectivity index is 0.000000414. The van der Waals surface area contributed by atoms with Crippen molar-refractivity contribution >= 4 is 28.8 Å². The zero-order chi connectivity index (χ0) is 27.1. The van der Waals surface area contributed by atoms with Gasteiger partial charge in [0.2, 0.25) is 0 Å². The maximum Gasteiger partial charge on any atom is 0.332 e. The van der Waals surface area contributed by atoms with Crippen LogP contribution < -0.4 is 20.9 Å². The van der Waals surface area contributed by atoms with Crippen molar-refractivity contribution < 1.29 is 24.5 Å². The number of carbonyl (C=O) groups is 2. The molecular weight excluding hydrogens is 484 g/mol. The number of piperazine rings is 1. The zero-order valence-electron chi connectivity index (χ0n) is 21.2. The van der Waals surface area contributed by atoms with Crippen LogP contribution in [0.4, 0.5) is 5.69 Å². The third-order valence-electron chi connectivity index (χ3n) is 6.23. The highest BCUT2D eigenvalue weighted by atomic mass is 16.5. The van der Waals surface area contributed by atoms with Gasteiger partial charge in [0.1, 0.15) is 5.75 Å². The Morgan fingerprint density at radius 1 is 0.946 bits per heavy atom. The third-order valence-corrected chi connectivity index (χ3v) is 6.23. The van der Waals surface area contributed by atoms with Gasteiger partial charge in [0.25, 0.3) is 5.56 Å². The maximum atomic E-state index is 12.6. The molecule has 1 fully saturated rings. The molecule has 0 unspecified atom stereocenters. The van der Waals surface area contributed by atoms with Crippen molar-refractivity contribution in [3.8, 4) is 5.75 Å². The molecule has 1 aliphatic rings. The van der Waals surface area contributed by atoms with E-state index in [4.69, 9.17) is 14.9 Å². The summed E-state index contributed by atoms with van der Waals surface area (Å²) < 4.78 is 9.88. The van der Waals surface area contributed by atoms with Crippen molar-refractivity contribution in [3.63, 3.8) is 0 Å². The van der Waals surface area contributed by atoms with Gasteiger partial charge in [0.05, 0.1) is 32.0 Å². The molecular formula is C24H32N6O7. The standard InChI is InChI=1S/C20H26N6O3.C4H6O4/c1-22-18-17(19(27)23(2)20(22)28)26(14-21-18)13-10-24-8-11-25(12-9-24)15-6-4-5-7-16(15)29-3;5-3(6)1-2-4(7)8/h4-7,14H,8-13H2,1-3H3;1-2H2,(H,5,6)(H,7,8). The molecule has 0 bridgehead atoms. The topological polar surface area (TPSA) is 152 Å². The van der Waals surface area contributed by atoms with Crippen LogP contribution in [-0.4, -0.2) is 85.6 Å². The minimum absolute atomic E-state index is 0.296.